The van der Waals surface area contributed by atoms with Gasteiger partial charge in [0.05, 0.1) is 25.4 Å². The lowest BCUT2D eigenvalue weighted by Crippen LogP contribution is -2.60. The highest BCUT2D eigenvalue weighted by Crippen LogP contribution is 2.23. The van der Waals surface area contributed by atoms with Gasteiger partial charge in [-0.15, -0.1) is 0 Å². The lowest BCUT2D eigenvalue weighted by atomic mass is 9.99. The molecule has 0 bridgehead atoms. The van der Waals surface area contributed by atoms with Crippen LogP contribution in [0.3, 0.4) is 0 Å². The molecule has 1 amide bonds. The van der Waals surface area contributed by atoms with E-state index in [2.05, 4.69) is 43.5 Å². The van der Waals surface area contributed by atoms with Gasteiger partial charge < -0.3 is 40.3 Å². The summed E-state index contributed by atoms with van der Waals surface area (Å²) in [6, 6.07) is -0.823. The fraction of sp³-hybridized carbons (Fsp3) is 0.873. The SMILES string of the molecule is CCCCCCCC/C=C\CCCCCCCCCC(=O)NC(COC1OC(CO)C(O)C(O)C1O)C(O)/C=C/CC/C=C/CCCCCCCCCCCCCCCCCCCC. The maximum atomic E-state index is 13.0. The topological polar surface area (TPSA) is 149 Å². The molecule has 6 N–H and O–H groups in total. The molecule has 9 nitrogen and oxygen atoms in total. The molecule has 0 aromatic carbocycles. The molecule has 7 atom stereocenters. The first kappa shape index (κ1) is 60.4. The average Bonchev–Trinajstić information content (AvgIpc) is 3.29. The Kier molecular flexibility index (Phi) is 42.7. The van der Waals surface area contributed by atoms with Crippen molar-refractivity contribution in [2.45, 2.75) is 294 Å². The van der Waals surface area contributed by atoms with Crippen molar-refractivity contribution in [2.24, 2.45) is 0 Å². The van der Waals surface area contributed by atoms with Crippen molar-refractivity contribution >= 4 is 5.91 Å². The number of aliphatic hydroxyl groups is 5. The van der Waals surface area contributed by atoms with Crippen molar-refractivity contribution in [3.63, 3.8) is 0 Å². The zero-order chi connectivity index (χ0) is 46.6. The van der Waals surface area contributed by atoms with Crippen LogP contribution in [0.2, 0.25) is 0 Å². The van der Waals surface area contributed by atoms with Crippen LogP contribution in [0.5, 0.6) is 0 Å². The normalized spacial score (nSPS) is 20.3. The Bertz CT molecular complexity index is 1100. The Balaban J connectivity index is 2.28. The quantitative estimate of drug-likeness (QED) is 0.0261. The molecule has 64 heavy (non-hydrogen) atoms. The largest absolute Gasteiger partial charge is 0.394 e. The van der Waals surface area contributed by atoms with Crippen LogP contribution in [0.4, 0.5) is 0 Å². The van der Waals surface area contributed by atoms with E-state index in [-0.39, 0.29) is 12.5 Å². The molecular weight excluding hydrogens is 803 g/mol. The number of aliphatic hydroxyl groups excluding tert-OH is 5. The second-order valence-corrected chi connectivity index (χ2v) is 19.0. The maximum absolute atomic E-state index is 13.0. The fourth-order valence-electron chi connectivity index (χ4n) is 8.58. The number of nitrogens with one attached hydrogen (secondary N) is 1. The number of ether oxygens (including phenoxy) is 2. The van der Waals surface area contributed by atoms with Crippen LogP contribution in [0.15, 0.2) is 36.5 Å². The summed E-state index contributed by atoms with van der Waals surface area (Å²) >= 11 is 0. The molecule has 1 rings (SSSR count). The van der Waals surface area contributed by atoms with E-state index in [4.69, 9.17) is 9.47 Å². The van der Waals surface area contributed by atoms with E-state index in [0.29, 0.717) is 6.42 Å². The highest BCUT2D eigenvalue weighted by molar-refractivity contribution is 5.76. The van der Waals surface area contributed by atoms with E-state index < -0.39 is 49.5 Å². The number of hydrogen-bond donors (Lipinski definition) is 6. The minimum absolute atomic E-state index is 0.190. The van der Waals surface area contributed by atoms with Crippen LogP contribution in [0.1, 0.15) is 251 Å². The Hall–Kier alpha value is -1.59. The van der Waals surface area contributed by atoms with Gasteiger partial charge in [-0.3, -0.25) is 4.79 Å². The summed E-state index contributed by atoms with van der Waals surface area (Å²) in [5.41, 5.74) is 0. The summed E-state index contributed by atoms with van der Waals surface area (Å²) in [5.74, 6) is -0.190. The molecule has 0 radical (unpaired) electrons. The molecule has 0 spiro atoms. The van der Waals surface area contributed by atoms with Crippen LogP contribution >= 0.6 is 0 Å². The van der Waals surface area contributed by atoms with Crippen molar-refractivity contribution in [3.8, 4) is 0 Å². The van der Waals surface area contributed by atoms with E-state index in [1.165, 1.54) is 180 Å². The molecule has 1 aliphatic heterocycles. The minimum atomic E-state index is -1.57. The number of hydrogen-bond acceptors (Lipinski definition) is 8. The highest BCUT2D eigenvalue weighted by atomic mass is 16.7. The lowest BCUT2D eigenvalue weighted by Gasteiger charge is -2.40. The number of amides is 1. The molecule has 0 aromatic rings. The van der Waals surface area contributed by atoms with E-state index in [1.54, 1.807) is 6.08 Å². The second kappa shape index (κ2) is 45.2. The van der Waals surface area contributed by atoms with Crippen molar-refractivity contribution in [3.05, 3.63) is 36.5 Å². The summed E-state index contributed by atoms with van der Waals surface area (Å²) in [6.45, 7) is 3.77. The van der Waals surface area contributed by atoms with E-state index in [1.807, 2.05) is 6.08 Å². The summed E-state index contributed by atoms with van der Waals surface area (Å²) in [4.78, 5) is 13.0. The highest BCUT2D eigenvalue weighted by Gasteiger charge is 2.44. The van der Waals surface area contributed by atoms with E-state index in [0.717, 1.165) is 51.4 Å². The number of carbonyl (C=O) groups is 1. The summed E-state index contributed by atoms with van der Waals surface area (Å²) in [7, 11) is 0. The minimum Gasteiger partial charge on any atom is -0.394 e. The molecular formula is C55H103NO8. The number of allylic oxidation sites excluding steroid dienone is 5. The van der Waals surface area contributed by atoms with Gasteiger partial charge in [0.15, 0.2) is 6.29 Å². The van der Waals surface area contributed by atoms with Crippen molar-refractivity contribution < 1.29 is 39.8 Å². The smallest absolute Gasteiger partial charge is 0.220 e. The third kappa shape index (κ3) is 34.7. The van der Waals surface area contributed by atoms with E-state index in [9.17, 15) is 30.3 Å². The molecule has 9 heteroatoms. The molecule has 1 heterocycles. The van der Waals surface area contributed by atoms with Crippen molar-refractivity contribution in [1.82, 2.24) is 5.32 Å². The third-order valence-corrected chi connectivity index (χ3v) is 12.9. The van der Waals surface area contributed by atoms with Gasteiger partial charge >= 0.3 is 0 Å². The van der Waals surface area contributed by atoms with Gasteiger partial charge in [-0.05, 0) is 57.8 Å². The lowest BCUT2D eigenvalue weighted by molar-refractivity contribution is -0.302. The van der Waals surface area contributed by atoms with Gasteiger partial charge in [0.2, 0.25) is 5.91 Å². The zero-order valence-electron chi connectivity index (χ0n) is 41.5. The van der Waals surface area contributed by atoms with Gasteiger partial charge in [-0.25, -0.2) is 0 Å². The number of unbranched alkanes of at least 4 members (excludes halogenated alkanes) is 32. The van der Waals surface area contributed by atoms with Crippen molar-refractivity contribution in [1.29, 1.82) is 0 Å². The van der Waals surface area contributed by atoms with Crippen LogP contribution in [-0.4, -0.2) is 87.5 Å². The van der Waals surface area contributed by atoms with Gasteiger partial charge in [0, 0.05) is 6.42 Å². The maximum Gasteiger partial charge on any atom is 0.220 e. The van der Waals surface area contributed by atoms with Crippen molar-refractivity contribution in [2.75, 3.05) is 13.2 Å². The molecule has 1 saturated heterocycles. The summed E-state index contributed by atoms with van der Waals surface area (Å²) < 4.78 is 11.2. The van der Waals surface area contributed by atoms with Gasteiger partial charge in [-0.1, -0.05) is 224 Å². The molecule has 0 saturated carbocycles. The molecule has 7 unspecified atom stereocenters. The summed E-state index contributed by atoms with van der Waals surface area (Å²) in [5, 5.41) is 54.4. The standard InChI is InChI=1S/C55H103NO8/c1-3-5-7-9-11-13-15-17-19-21-22-23-24-25-26-27-29-30-32-34-36-38-40-42-44-49(58)48(47-63-55-54(62)53(61)52(60)50(46-57)64-55)56-51(59)45-43-41-39-37-35-33-31-28-20-18-16-14-12-10-8-6-4-2/h18,20,34,36,42,44,48-50,52-55,57-58,60-62H,3-17,19,21-33,35,37-41,43,45-47H2,1-2H3,(H,56,59)/b20-18-,36-34+,44-42+. The first-order chi connectivity index (χ1) is 31.3. The van der Waals surface area contributed by atoms with Gasteiger partial charge in [0.1, 0.15) is 24.4 Å². The number of rotatable bonds is 46. The zero-order valence-corrected chi connectivity index (χ0v) is 41.5. The molecule has 0 aromatic heterocycles. The number of carbonyl (C=O) groups excluding carboxylic acids is 1. The Morgan fingerprint density at radius 2 is 0.891 bits per heavy atom. The third-order valence-electron chi connectivity index (χ3n) is 12.9. The first-order valence-corrected chi connectivity index (χ1v) is 27.2. The Morgan fingerprint density at radius 3 is 1.31 bits per heavy atom. The average molecular weight is 906 g/mol. The monoisotopic (exact) mass is 906 g/mol. The second-order valence-electron chi connectivity index (χ2n) is 19.0. The first-order valence-electron chi connectivity index (χ1n) is 27.2. The van der Waals surface area contributed by atoms with Crippen LogP contribution < -0.4 is 5.32 Å². The van der Waals surface area contributed by atoms with Crippen LogP contribution in [-0.2, 0) is 14.3 Å². The van der Waals surface area contributed by atoms with Gasteiger partial charge in [0.25, 0.3) is 0 Å². The molecule has 1 fully saturated rings. The molecule has 376 valence electrons. The summed E-state index contributed by atoms with van der Waals surface area (Å²) in [6.07, 6.45) is 50.6. The Morgan fingerprint density at radius 1 is 0.516 bits per heavy atom. The van der Waals surface area contributed by atoms with Crippen LogP contribution in [0.25, 0.3) is 0 Å². The molecule has 1 aliphatic rings. The molecule has 0 aliphatic carbocycles. The Labute approximate surface area is 393 Å². The van der Waals surface area contributed by atoms with Gasteiger partial charge in [-0.2, -0.15) is 0 Å². The van der Waals surface area contributed by atoms with Crippen LogP contribution in [0, 0.1) is 0 Å². The predicted octanol–water partition coefficient (Wildman–Crippen LogP) is 12.8. The van der Waals surface area contributed by atoms with E-state index >= 15 is 0 Å². The predicted molar refractivity (Wildman–Crippen MR) is 267 cm³/mol. The fourth-order valence-corrected chi connectivity index (χ4v) is 8.58.